The fourth-order valence-corrected chi connectivity index (χ4v) is 4.49. The molecule has 9 heteroatoms. The molecule has 0 saturated heterocycles. The Hall–Kier alpha value is -2.74. The SMILES string of the molecule is Cc1sc2ncn(CC(=O)Nc3cc(Cl)ccc3Cl)c(=O)c2c1-c1ccc(F)cc1. The number of aromatic nitrogens is 2. The Morgan fingerprint density at radius 1 is 1.20 bits per heavy atom. The normalized spacial score (nSPS) is 11.1. The van der Waals surface area contributed by atoms with Gasteiger partial charge in [-0.1, -0.05) is 35.3 Å². The third kappa shape index (κ3) is 3.96. The van der Waals surface area contributed by atoms with Gasteiger partial charge in [0.1, 0.15) is 17.2 Å². The van der Waals surface area contributed by atoms with Gasteiger partial charge in [0, 0.05) is 15.5 Å². The van der Waals surface area contributed by atoms with Crippen molar-refractivity contribution in [2.45, 2.75) is 13.5 Å². The molecule has 2 heterocycles. The second kappa shape index (κ2) is 8.18. The summed E-state index contributed by atoms with van der Waals surface area (Å²) in [7, 11) is 0. The average Bonchev–Trinajstić information content (AvgIpc) is 3.04. The minimum atomic E-state index is -0.447. The molecule has 0 atom stereocenters. The van der Waals surface area contributed by atoms with E-state index in [1.807, 2.05) is 6.92 Å². The van der Waals surface area contributed by atoms with Crippen molar-refractivity contribution in [3.8, 4) is 11.1 Å². The second-order valence-electron chi connectivity index (χ2n) is 6.57. The minimum absolute atomic E-state index is 0.248. The van der Waals surface area contributed by atoms with Crippen molar-refractivity contribution < 1.29 is 9.18 Å². The number of rotatable bonds is 4. The standard InChI is InChI=1S/C21H14Cl2FN3O2S/c1-11-18(12-2-5-14(24)6-3-12)19-20(30-11)25-10-27(21(19)29)9-17(28)26-16-8-13(22)4-7-15(16)23/h2-8,10H,9H2,1H3,(H,26,28). The zero-order chi connectivity index (χ0) is 21.4. The van der Waals surface area contributed by atoms with Crippen LogP contribution in [0.4, 0.5) is 10.1 Å². The van der Waals surface area contributed by atoms with Crippen molar-refractivity contribution >= 4 is 56.3 Å². The van der Waals surface area contributed by atoms with Crippen molar-refractivity contribution in [2.24, 2.45) is 0 Å². The Bertz CT molecular complexity index is 1330. The van der Waals surface area contributed by atoms with E-state index in [2.05, 4.69) is 10.3 Å². The maximum Gasteiger partial charge on any atom is 0.263 e. The Morgan fingerprint density at radius 3 is 2.67 bits per heavy atom. The number of fused-ring (bicyclic) bond motifs is 1. The van der Waals surface area contributed by atoms with E-state index in [0.717, 1.165) is 4.88 Å². The van der Waals surface area contributed by atoms with Crippen LogP contribution in [-0.4, -0.2) is 15.5 Å². The van der Waals surface area contributed by atoms with E-state index >= 15 is 0 Å². The molecule has 0 aliphatic heterocycles. The number of nitrogens with one attached hydrogen (secondary N) is 1. The first-order chi connectivity index (χ1) is 14.3. The summed E-state index contributed by atoms with van der Waals surface area (Å²) in [5, 5.41) is 3.81. The van der Waals surface area contributed by atoms with Crippen LogP contribution >= 0.6 is 34.5 Å². The summed E-state index contributed by atoms with van der Waals surface area (Å²) in [4.78, 5) is 31.4. The van der Waals surface area contributed by atoms with Gasteiger partial charge >= 0.3 is 0 Å². The van der Waals surface area contributed by atoms with E-state index < -0.39 is 5.91 Å². The predicted molar refractivity (Wildman–Crippen MR) is 119 cm³/mol. The van der Waals surface area contributed by atoms with Crippen LogP contribution in [0.3, 0.4) is 0 Å². The summed E-state index contributed by atoms with van der Waals surface area (Å²) >= 11 is 13.4. The number of carbonyl (C=O) groups excluding carboxylic acids is 1. The summed E-state index contributed by atoms with van der Waals surface area (Å²) in [6.45, 7) is 1.63. The van der Waals surface area contributed by atoms with Crippen molar-refractivity contribution in [3.63, 3.8) is 0 Å². The van der Waals surface area contributed by atoms with Gasteiger partial charge in [-0.15, -0.1) is 11.3 Å². The molecule has 4 rings (SSSR count). The highest BCUT2D eigenvalue weighted by Gasteiger charge is 2.18. The van der Waals surface area contributed by atoms with Crippen LogP contribution in [0.1, 0.15) is 4.88 Å². The second-order valence-corrected chi connectivity index (χ2v) is 8.62. The van der Waals surface area contributed by atoms with Crippen LogP contribution in [0.5, 0.6) is 0 Å². The Balaban J connectivity index is 1.70. The highest BCUT2D eigenvalue weighted by Crippen LogP contribution is 2.35. The minimum Gasteiger partial charge on any atom is -0.323 e. The predicted octanol–water partition coefficient (Wildman–Crippen LogP) is 5.52. The number of anilines is 1. The fraction of sp³-hybridized carbons (Fsp3) is 0.0952. The molecule has 0 unspecified atom stereocenters. The zero-order valence-electron chi connectivity index (χ0n) is 15.6. The number of carbonyl (C=O) groups is 1. The number of hydrogen-bond donors (Lipinski definition) is 1. The van der Waals surface area contributed by atoms with E-state index in [9.17, 15) is 14.0 Å². The van der Waals surface area contributed by atoms with Gasteiger partial charge < -0.3 is 5.32 Å². The molecule has 0 aliphatic carbocycles. The quantitative estimate of drug-likeness (QED) is 0.435. The van der Waals surface area contributed by atoms with Gasteiger partial charge in [-0.05, 0) is 42.8 Å². The lowest BCUT2D eigenvalue weighted by atomic mass is 10.0. The van der Waals surface area contributed by atoms with E-state index in [1.165, 1.54) is 40.4 Å². The number of aryl methyl sites for hydroxylation is 1. The van der Waals surface area contributed by atoms with Crippen LogP contribution in [0.25, 0.3) is 21.3 Å². The zero-order valence-corrected chi connectivity index (χ0v) is 17.9. The van der Waals surface area contributed by atoms with Crippen LogP contribution in [0.2, 0.25) is 10.0 Å². The molecule has 152 valence electrons. The first kappa shape index (κ1) is 20.5. The number of amides is 1. The molecular formula is C21H14Cl2FN3O2S. The number of halogens is 3. The maximum atomic E-state index is 13.3. The summed E-state index contributed by atoms with van der Waals surface area (Å²) in [6, 6.07) is 10.6. The van der Waals surface area contributed by atoms with Crippen LogP contribution in [-0.2, 0) is 11.3 Å². The van der Waals surface area contributed by atoms with E-state index in [4.69, 9.17) is 23.2 Å². The van der Waals surface area contributed by atoms with Crippen molar-refractivity contribution in [1.82, 2.24) is 9.55 Å². The van der Waals surface area contributed by atoms with Gasteiger partial charge in [0.25, 0.3) is 5.56 Å². The topological polar surface area (TPSA) is 64.0 Å². The lowest BCUT2D eigenvalue weighted by Gasteiger charge is -2.09. The van der Waals surface area contributed by atoms with E-state index in [-0.39, 0.29) is 17.9 Å². The summed E-state index contributed by atoms with van der Waals surface area (Å²) in [6.07, 6.45) is 1.34. The van der Waals surface area contributed by atoms with Gasteiger partial charge in [-0.3, -0.25) is 14.2 Å². The van der Waals surface area contributed by atoms with Crippen LogP contribution in [0.15, 0.2) is 53.6 Å². The molecule has 2 aromatic heterocycles. The molecule has 0 radical (unpaired) electrons. The first-order valence-corrected chi connectivity index (χ1v) is 10.4. The first-order valence-electron chi connectivity index (χ1n) is 8.83. The molecule has 0 aliphatic rings. The Kier molecular flexibility index (Phi) is 5.60. The number of nitrogens with zero attached hydrogens (tertiary/aromatic N) is 2. The number of hydrogen-bond acceptors (Lipinski definition) is 4. The molecule has 0 spiro atoms. The Labute approximate surface area is 184 Å². The van der Waals surface area contributed by atoms with Gasteiger partial charge in [0.2, 0.25) is 5.91 Å². The summed E-state index contributed by atoms with van der Waals surface area (Å²) < 4.78 is 14.6. The molecule has 5 nitrogen and oxygen atoms in total. The molecule has 0 fully saturated rings. The third-order valence-corrected chi connectivity index (χ3v) is 6.08. The van der Waals surface area contributed by atoms with E-state index in [1.54, 1.807) is 24.3 Å². The molecule has 1 amide bonds. The maximum absolute atomic E-state index is 13.3. The fourth-order valence-electron chi connectivity index (χ4n) is 3.15. The molecule has 0 bridgehead atoms. The van der Waals surface area contributed by atoms with Gasteiger partial charge in [-0.25, -0.2) is 9.37 Å². The number of thiophene rings is 1. The molecular weight excluding hydrogens is 448 g/mol. The molecule has 4 aromatic rings. The van der Waals surface area contributed by atoms with Crippen molar-refractivity contribution in [3.05, 3.63) is 79.9 Å². The molecule has 0 saturated carbocycles. The summed E-state index contributed by atoms with van der Waals surface area (Å²) in [5.74, 6) is -0.805. The van der Waals surface area contributed by atoms with E-state index in [0.29, 0.717) is 37.1 Å². The molecule has 30 heavy (non-hydrogen) atoms. The Morgan fingerprint density at radius 2 is 1.93 bits per heavy atom. The van der Waals surface area contributed by atoms with Gasteiger partial charge in [0.05, 0.1) is 22.4 Å². The lowest BCUT2D eigenvalue weighted by Crippen LogP contribution is -2.27. The van der Waals surface area contributed by atoms with Crippen molar-refractivity contribution in [2.75, 3.05) is 5.32 Å². The van der Waals surface area contributed by atoms with Crippen LogP contribution in [0, 0.1) is 12.7 Å². The highest BCUT2D eigenvalue weighted by atomic mass is 35.5. The molecule has 1 N–H and O–H groups in total. The highest BCUT2D eigenvalue weighted by molar-refractivity contribution is 7.19. The summed E-state index contributed by atoms with van der Waals surface area (Å²) in [5.41, 5.74) is 1.41. The van der Waals surface area contributed by atoms with Gasteiger partial charge in [-0.2, -0.15) is 0 Å². The lowest BCUT2D eigenvalue weighted by molar-refractivity contribution is -0.116. The molecule has 2 aromatic carbocycles. The third-order valence-electron chi connectivity index (χ3n) is 4.50. The van der Waals surface area contributed by atoms with Crippen molar-refractivity contribution in [1.29, 1.82) is 0 Å². The monoisotopic (exact) mass is 461 g/mol. The largest absolute Gasteiger partial charge is 0.323 e. The smallest absolute Gasteiger partial charge is 0.263 e. The van der Waals surface area contributed by atoms with Gasteiger partial charge in [0.15, 0.2) is 0 Å². The number of benzene rings is 2. The van der Waals surface area contributed by atoms with Crippen LogP contribution < -0.4 is 10.9 Å². The average molecular weight is 462 g/mol.